The van der Waals surface area contributed by atoms with Crippen LogP contribution in [0.25, 0.3) is 11.1 Å². The van der Waals surface area contributed by atoms with Gasteiger partial charge < -0.3 is 10.1 Å². The smallest absolute Gasteiger partial charge is 0.328 e. The monoisotopic (exact) mass is 636 g/mol. The average molecular weight is 637 g/mol. The van der Waals surface area contributed by atoms with Crippen LogP contribution in [0, 0.1) is 12.8 Å². The van der Waals surface area contributed by atoms with Gasteiger partial charge in [0, 0.05) is 24.5 Å². The van der Waals surface area contributed by atoms with Gasteiger partial charge in [-0.2, -0.15) is 16.1 Å². The average Bonchev–Trinajstić information content (AvgIpc) is 3.00. The van der Waals surface area contributed by atoms with Crippen molar-refractivity contribution in [1.29, 1.82) is 0 Å². The van der Waals surface area contributed by atoms with E-state index in [9.17, 15) is 18.0 Å². The van der Waals surface area contributed by atoms with Crippen molar-refractivity contribution >= 4 is 45.3 Å². The number of nitrogens with zero attached hydrogens (tertiary/aromatic N) is 1. The molecule has 1 saturated carbocycles. The van der Waals surface area contributed by atoms with E-state index in [2.05, 4.69) is 5.32 Å². The summed E-state index contributed by atoms with van der Waals surface area (Å²) >= 11 is 7.45. The van der Waals surface area contributed by atoms with E-state index >= 15 is 0 Å². The Balaban J connectivity index is 1.95. The Labute approximate surface area is 261 Å². The number of esters is 1. The third-order valence-electron chi connectivity index (χ3n) is 7.97. The summed E-state index contributed by atoms with van der Waals surface area (Å²) < 4.78 is 33.4. The van der Waals surface area contributed by atoms with Crippen molar-refractivity contribution in [1.82, 2.24) is 9.62 Å². The molecule has 1 atom stereocenters. The van der Waals surface area contributed by atoms with Crippen molar-refractivity contribution < 1.29 is 22.7 Å². The molecule has 10 heteroatoms. The highest BCUT2D eigenvalue weighted by molar-refractivity contribution is 7.98. The molecule has 0 bridgehead atoms. The van der Waals surface area contributed by atoms with Crippen molar-refractivity contribution in [2.75, 3.05) is 37.3 Å². The van der Waals surface area contributed by atoms with E-state index < -0.39 is 22.0 Å². The Bertz CT molecular complexity index is 1280. The lowest BCUT2D eigenvalue weighted by atomic mass is 9.87. The van der Waals surface area contributed by atoms with Gasteiger partial charge in [-0.25, -0.2) is 13.2 Å². The van der Waals surface area contributed by atoms with E-state index in [1.54, 1.807) is 22.1 Å². The number of hydrogen-bond donors (Lipinski definition) is 1. The number of nitrogens with one attached hydrogen (secondary N) is 1. The summed E-state index contributed by atoms with van der Waals surface area (Å²) in [5, 5.41) is 2.87. The molecule has 1 amide bonds. The fraction of sp³-hybridized carbons (Fsp3) is 0.562. The summed E-state index contributed by atoms with van der Waals surface area (Å²) in [6.07, 6.45) is 9.62. The summed E-state index contributed by atoms with van der Waals surface area (Å²) in [6, 6.07) is 12.5. The quantitative estimate of drug-likeness (QED) is 0.169. The molecule has 0 spiro atoms. The molecule has 0 aliphatic heterocycles. The fourth-order valence-electron chi connectivity index (χ4n) is 5.54. The number of rotatable bonds is 16. The molecule has 0 aromatic heterocycles. The zero-order valence-electron chi connectivity index (χ0n) is 25.1. The van der Waals surface area contributed by atoms with Crippen LogP contribution in [0.15, 0.2) is 42.5 Å². The number of thioether (sulfide) groups is 1. The van der Waals surface area contributed by atoms with Crippen molar-refractivity contribution in [2.45, 2.75) is 70.9 Å². The first-order valence-corrected chi connectivity index (χ1v) is 18.3. The Kier molecular flexibility index (Phi) is 14.2. The first-order valence-electron chi connectivity index (χ1n) is 14.8. The molecule has 1 aliphatic carbocycles. The van der Waals surface area contributed by atoms with E-state index in [4.69, 9.17) is 16.3 Å². The first-order chi connectivity index (χ1) is 20.2. The third kappa shape index (κ3) is 10.00. The maximum Gasteiger partial charge on any atom is 0.328 e. The summed E-state index contributed by atoms with van der Waals surface area (Å²) in [4.78, 5) is 26.0. The zero-order valence-corrected chi connectivity index (χ0v) is 27.5. The first kappa shape index (κ1) is 34.4. The number of aryl methyl sites for hydroxylation is 1. The maximum atomic E-state index is 13.6. The number of benzene rings is 2. The second-order valence-electron chi connectivity index (χ2n) is 11.0. The van der Waals surface area contributed by atoms with Gasteiger partial charge in [-0.15, -0.1) is 11.6 Å². The van der Waals surface area contributed by atoms with Gasteiger partial charge in [0.25, 0.3) is 5.91 Å². The Morgan fingerprint density at radius 2 is 1.86 bits per heavy atom. The highest BCUT2D eigenvalue weighted by atomic mass is 35.5. The Morgan fingerprint density at radius 3 is 2.52 bits per heavy atom. The molecule has 42 heavy (non-hydrogen) atoms. The van der Waals surface area contributed by atoms with Gasteiger partial charge in [0.1, 0.15) is 6.04 Å². The predicted octanol–water partition coefficient (Wildman–Crippen LogP) is 6.42. The minimum absolute atomic E-state index is 0.0112. The predicted molar refractivity (Wildman–Crippen MR) is 174 cm³/mol. The van der Waals surface area contributed by atoms with Crippen LogP contribution in [0.4, 0.5) is 0 Å². The lowest BCUT2D eigenvalue weighted by Gasteiger charge is -2.27. The van der Waals surface area contributed by atoms with Crippen LogP contribution in [-0.4, -0.2) is 67.9 Å². The van der Waals surface area contributed by atoms with Crippen LogP contribution in [0.2, 0.25) is 0 Å². The number of carbonyl (C=O) groups excluding carboxylic acids is 2. The van der Waals surface area contributed by atoms with Crippen LogP contribution in [0.1, 0.15) is 72.9 Å². The number of methoxy groups -OCH3 is 1. The number of ether oxygens (including phenoxy) is 1. The number of sulfonamides is 1. The molecule has 1 N–H and O–H groups in total. The maximum absolute atomic E-state index is 13.6. The van der Waals surface area contributed by atoms with E-state index in [-0.39, 0.29) is 18.2 Å². The van der Waals surface area contributed by atoms with Gasteiger partial charge in [-0.05, 0) is 78.5 Å². The van der Waals surface area contributed by atoms with Gasteiger partial charge in [0.2, 0.25) is 10.0 Å². The molecule has 2 aromatic carbocycles. The summed E-state index contributed by atoms with van der Waals surface area (Å²) in [6.45, 7) is 2.66. The molecule has 0 heterocycles. The Morgan fingerprint density at radius 1 is 1.12 bits per heavy atom. The molecule has 1 fully saturated rings. The van der Waals surface area contributed by atoms with Crippen molar-refractivity contribution in [2.24, 2.45) is 5.92 Å². The van der Waals surface area contributed by atoms with E-state index in [0.717, 1.165) is 36.0 Å². The van der Waals surface area contributed by atoms with Gasteiger partial charge in [0.15, 0.2) is 0 Å². The molecule has 1 aliphatic rings. The fourth-order valence-corrected chi connectivity index (χ4v) is 7.80. The topological polar surface area (TPSA) is 92.8 Å². The van der Waals surface area contributed by atoms with Crippen LogP contribution in [0.3, 0.4) is 0 Å². The molecular weight excluding hydrogens is 592 g/mol. The molecule has 232 valence electrons. The Hall–Kier alpha value is -2.07. The van der Waals surface area contributed by atoms with Crippen LogP contribution >= 0.6 is 23.4 Å². The highest BCUT2D eigenvalue weighted by Crippen LogP contribution is 2.30. The highest BCUT2D eigenvalue weighted by Gasteiger charge is 2.26. The standard InChI is InChI=1S/C32H45ClN2O5S2/c1-24-10-7-8-13-27(24)29-22-26(14-15-28(29)31(36)34-30(17-20-41-3)32(37)40-2)23-35(42(38,39)21-9-18-33)19-16-25-11-5-4-6-12-25/h7-8,10,13-15,22,25,30H,4-6,9,11-12,16-21,23H2,1-3H3,(H,34,36). The van der Waals surface area contributed by atoms with Crippen molar-refractivity contribution in [3.63, 3.8) is 0 Å². The van der Waals surface area contributed by atoms with E-state index in [0.29, 0.717) is 48.1 Å². The largest absolute Gasteiger partial charge is 0.467 e. The summed E-state index contributed by atoms with van der Waals surface area (Å²) in [5.41, 5.74) is 3.78. The van der Waals surface area contributed by atoms with E-state index in [1.165, 1.54) is 26.4 Å². The van der Waals surface area contributed by atoms with Gasteiger partial charge >= 0.3 is 5.97 Å². The zero-order chi connectivity index (χ0) is 30.5. The number of amides is 1. The van der Waals surface area contributed by atoms with Crippen molar-refractivity contribution in [3.8, 4) is 11.1 Å². The molecule has 0 saturated heterocycles. The molecule has 1 unspecified atom stereocenters. The summed E-state index contributed by atoms with van der Waals surface area (Å²) in [5.74, 6) is 0.685. The van der Waals surface area contributed by atoms with Gasteiger partial charge in [-0.3, -0.25) is 4.79 Å². The van der Waals surface area contributed by atoms with Crippen molar-refractivity contribution in [3.05, 3.63) is 59.2 Å². The number of hydrogen-bond acceptors (Lipinski definition) is 6. The lowest BCUT2D eigenvalue weighted by molar-refractivity contribution is -0.142. The molecule has 3 rings (SSSR count). The molecule has 7 nitrogen and oxygen atoms in total. The minimum Gasteiger partial charge on any atom is -0.467 e. The van der Waals surface area contributed by atoms with Crippen LogP contribution in [0.5, 0.6) is 0 Å². The summed E-state index contributed by atoms with van der Waals surface area (Å²) in [7, 11) is -2.20. The number of halogens is 1. The van der Waals surface area contributed by atoms with Gasteiger partial charge in [-0.1, -0.05) is 62.4 Å². The second kappa shape index (κ2) is 17.3. The SMILES string of the molecule is COC(=O)C(CCSC)NC(=O)c1ccc(CN(CCC2CCCCC2)S(=O)(=O)CCCCl)cc1-c1ccccc1C. The minimum atomic E-state index is -3.52. The van der Waals surface area contributed by atoms with Crippen LogP contribution < -0.4 is 5.32 Å². The molecular formula is C32H45ClN2O5S2. The second-order valence-corrected chi connectivity index (χ2v) is 14.5. The molecule has 0 radical (unpaired) electrons. The van der Waals surface area contributed by atoms with Gasteiger partial charge in [0.05, 0.1) is 12.9 Å². The van der Waals surface area contributed by atoms with Crippen LogP contribution in [-0.2, 0) is 26.1 Å². The molecule has 2 aromatic rings. The number of carbonyl (C=O) groups is 2. The number of alkyl halides is 1. The third-order valence-corrected chi connectivity index (χ3v) is 10.8. The lowest BCUT2D eigenvalue weighted by Crippen LogP contribution is -2.42. The van der Waals surface area contributed by atoms with E-state index in [1.807, 2.05) is 49.6 Å². The normalized spacial score (nSPS) is 15.0.